The molecule has 1 saturated heterocycles. The smallest absolute Gasteiger partial charge is 0.310 e. The van der Waals surface area contributed by atoms with Crippen molar-refractivity contribution in [3.05, 3.63) is 0 Å². The molecule has 16 heavy (non-hydrogen) atoms. The van der Waals surface area contributed by atoms with Gasteiger partial charge in [0.2, 0.25) is 0 Å². The van der Waals surface area contributed by atoms with Crippen molar-refractivity contribution >= 4 is 5.97 Å². The van der Waals surface area contributed by atoms with Gasteiger partial charge in [-0.2, -0.15) is 0 Å². The van der Waals surface area contributed by atoms with E-state index in [-0.39, 0.29) is 17.3 Å². The Labute approximate surface area is 97.9 Å². The van der Waals surface area contributed by atoms with Gasteiger partial charge in [0.05, 0.1) is 12.5 Å². The van der Waals surface area contributed by atoms with E-state index in [1.807, 2.05) is 6.92 Å². The van der Waals surface area contributed by atoms with Gasteiger partial charge in [0, 0.05) is 13.1 Å². The largest absolute Gasteiger partial charge is 0.466 e. The van der Waals surface area contributed by atoms with Crippen LogP contribution >= 0.6 is 0 Å². The Morgan fingerprint density at radius 2 is 2.19 bits per heavy atom. The van der Waals surface area contributed by atoms with Crippen LogP contribution in [0.2, 0.25) is 0 Å². The minimum Gasteiger partial charge on any atom is -0.466 e. The lowest BCUT2D eigenvalue weighted by molar-refractivity contribution is -0.151. The van der Waals surface area contributed by atoms with E-state index in [2.05, 4.69) is 19.2 Å². The number of ether oxygens (including phenoxy) is 1. The molecule has 1 saturated carbocycles. The molecule has 2 rings (SSSR count). The topological polar surface area (TPSA) is 38.3 Å². The SMILES string of the molecule is CCOC(=O)C1CNCC12CCC(C)(C)C2. The summed E-state index contributed by atoms with van der Waals surface area (Å²) in [7, 11) is 0. The van der Waals surface area contributed by atoms with E-state index in [4.69, 9.17) is 4.74 Å². The highest BCUT2D eigenvalue weighted by Gasteiger charge is 2.53. The van der Waals surface area contributed by atoms with Crippen molar-refractivity contribution in [1.29, 1.82) is 0 Å². The summed E-state index contributed by atoms with van der Waals surface area (Å²) >= 11 is 0. The molecular formula is C13H23NO2. The molecule has 2 unspecified atom stereocenters. The van der Waals surface area contributed by atoms with Crippen molar-refractivity contribution < 1.29 is 9.53 Å². The lowest BCUT2D eigenvalue weighted by Crippen LogP contribution is -2.34. The van der Waals surface area contributed by atoms with Crippen LogP contribution in [0.4, 0.5) is 0 Å². The third kappa shape index (κ3) is 1.97. The molecule has 2 fully saturated rings. The van der Waals surface area contributed by atoms with Crippen molar-refractivity contribution in [3.63, 3.8) is 0 Å². The molecule has 3 nitrogen and oxygen atoms in total. The van der Waals surface area contributed by atoms with Gasteiger partial charge in [-0.05, 0) is 37.0 Å². The first-order valence-corrected chi connectivity index (χ1v) is 6.36. The molecule has 1 heterocycles. The minimum absolute atomic E-state index is 0.00481. The Morgan fingerprint density at radius 3 is 2.75 bits per heavy atom. The number of nitrogens with one attached hydrogen (secondary N) is 1. The summed E-state index contributed by atoms with van der Waals surface area (Å²) in [5.74, 6) is 0.0828. The zero-order valence-electron chi connectivity index (χ0n) is 10.6. The van der Waals surface area contributed by atoms with Crippen LogP contribution in [0, 0.1) is 16.7 Å². The van der Waals surface area contributed by atoms with E-state index < -0.39 is 0 Å². The molecule has 1 aliphatic carbocycles. The predicted octanol–water partition coefficient (Wildman–Crippen LogP) is 1.97. The van der Waals surface area contributed by atoms with E-state index >= 15 is 0 Å². The average molecular weight is 225 g/mol. The van der Waals surface area contributed by atoms with Crippen LogP contribution in [0.25, 0.3) is 0 Å². The fourth-order valence-electron chi connectivity index (χ4n) is 3.55. The second kappa shape index (κ2) is 4.02. The van der Waals surface area contributed by atoms with Crippen LogP contribution in [0.1, 0.15) is 40.0 Å². The van der Waals surface area contributed by atoms with Crippen molar-refractivity contribution in [2.75, 3.05) is 19.7 Å². The van der Waals surface area contributed by atoms with Gasteiger partial charge in [0.1, 0.15) is 0 Å². The number of esters is 1. The van der Waals surface area contributed by atoms with Gasteiger partial charge >= 0.3 is 5.97 Å². The Balaban J connectivity index is 2.12. The van der Waals surface area contributed by atoms with E-state index in [1.165, 1.54) is 6.42 Å². The lowest BCUT2D eigenvalue weighted by atomic mass is 9.74. The Kier molecular flexibility index (Phi) is 2.99. The molecule has 2 atom stereocenters. The van der Waals surface area contributed by atoms with Crippen LogP contribution < -0.4 is 5.32 Å². The van der Waals surface area contributed by atoms with E-state index in [9.17, 15) is 4.79 Å². The van der Waals surface area contributed by atoms with Crippen molar-refractivity contribution in [2.45, 2.75) is 40.0 Å². The number of rotatable bonds is 2. The number of hydrogen-bond acceptors (Lipinski definition) is 3. The molecule has 0 aromatic heterocycles. The third-order valence-electron chi connectivity index (χ3n) is 4.27. The van der Waals surface area contributed by atoms with Gasteiger partial charge < -0.3 is 10.1 Å². The minimum atomic E-state index is 0.00481. The summed E-state index contributed by atoms with van der Waals surface area (Å²) in [5, 5.41) is 3.38. The van der Waals surface area contributed by atoms with Gasteiger partial charge in [-0.3, -0.25) is 4.79 Å². The molecule has 92 valence electrons. The second-order valence-corrected chi connectivity index (χ2v) is 6.14. The lowest BCUT2D eigenvalue weighted by Gasteiger charge is -2.30. The summed E-state index contributed by atoms with van der Waals surface area (Å²) in [6.07, 6.45) is 3.54. The first kappa shape index (κ1) is 11.9. The maximum Gasteiger partial charge on any atom is 0.310 e. The number of carbonyl (C=O) groups excluding carboxylic acids is 1. The maximum absolute atomic E-state index is 12.0. The summed E-state index contributed by atoms with van der Waals surface area (Å²) < 4.78 is 5.20. The monoisotopic (exact) mass is 225 g/mol. The quantitative estimate of drug-likeness (QED) is 0.730. The molecule has 1 aliphatic heterocycles. The molecule has 2 aliphatic rings. The Hall–Kier alpha value is -0.570. The normalized spacial score (nSPS) is 36.8. The summed E-state index contributed by atoms with van der Waals surface area (Å²) in [6, 6.07) is 0. The van der Waals surface area contributed by atoms with Crippen LogP contribution in [-0.4, -0.2) is 25.7 Å². The molecule has 3 heteroatoms. The summed E-state index contributed by atoms with van der Waals surface area (Å²) in [4.78, 5) is 12.0. The zero-order chi connectivity index (χ0) is 11.8. The number of carbonyl (C=O) groups is 1. The van der Waals surface area contributed by atoms with Crippen molar-refractivity contribution in [2.24, 2.45) is 16.7 Å². The van der Waals surface area contributed by atoms with Crippen molar-refractivity contribution in [3.8, 4) is 0 Å². The highest BCUT2D eigenvalue weighted by Crippen LogP contribution is 2.54. The van der Waals surface area contributed by atoms with Crippen LogP contribution in [0.15, 0.2) is 0 Å². The standard InChI is InChI=1S/C13H23NO2/c1-4-16-11(15)10-7-14-9-13(10)6-5-12(2,3)8-13/h10,14H,4-9H2,1-3H3. The van der Waals surface area contributed by atoms with E-state index in [0.29, 0.717) is 12.0 Å². The first-order chi connectivity index (χ1) is 7.49. The molecule has 1 N–H and O–H groups in total. The Morgan fingerprint density at radius 1 is 1.44 bits per heavy atom. The van der Waals surface area contributed by atoms with Crippen LogP contribution in [0.5, 0.6) is 0 Å². The number of hydrogen-bond donors (Lipinski definition) is 1. The zero-order valence-corrected chi connectivity index (χ0v) is 10.6. The molecule has 0 bridgehead atoms. The van der Waals surface area contributed by atoms with Crippen LogP contribution in [0.3, 0.4) is 0 Å². The fourth-order valence-corrected chi connectivity index (χ4v) is 3.55. The van der Waals surface area contributed by atoms with Crippen molar-refractivity contribution in [1.82, 2.24) is 5.32 Å². The molecular weight excluding hydrogens is 202 g/mol. The highest BCUT2D eigenvalue weighted by molar-refractivity contribution is 5.74. The first-order valence-electron chi connectivity index (χ1n) is 6.36. The molecule has 0 amide bonds. The fraction of sp³-hybridized carbons (Fsp3) is 0.923. The van der Waals surface area contributed by atoms with E-state index in [0.717, 1.165) is 25.9 Å². The van der Waals surface area contributed by atoms with Gasteiger partial charge in [0.25, 0.3) is 0 Å². The predicted molar refractivity (Wildman–Crippen MR) is 63.1 cm³/mol. The molecule has 0 aromatic rings. The van der Waals surface area contributed by atoms with E-state index in [1.54, 1.807) is 0 Å². The summed E-state index contributed by atoms with van der Waals surface area (Å²) in [5.41, 5.74) is 0.562. The third-order valence-corrected chi connectivity index (χ3v) is 4.27. The maximum atomic E-state index is 12.0. The van der Waals surface area contributed by atoms with Gasteiger partial charge in [-0.15, -0.1) is 0 Å². The van der Waals surface area contributed by atoms with Gasteiger partial charge in [0.15, 0.2) is 0 Å². The van der Waals surface area contributed by atoms with Gasteiger partial charge in [-0.25, -0.2) is 0 Å². The molecule has 0 radical (unpaired) electrons. The Bertz CT molecular complexity index is 288. The highest BCUT2D eigenvalue weighted by atomic mass is 16.5. The average Bonchev–Trinajstić information content (AvgIpc) is 2.72. The molecule has 1 spiro atoms. The van der Waals surface area contributed by atoms with Crippen LogP contribution in [-0.2, 0) is 9.53 Å². The van der Waals surface area contributed by atoms with Gasteiger partial charge in [-0.1, -0.05) is 13.8 Å². The molecule has 0 aromatic carbocycles. The summed E-state index contributed by atoms with van der Waals surface area (Å²) in [6.45, 7) is 8.78. The second-order valence-electron chi connectivity index (χ2n) is 6.14.